The summed E-state index contributed by atoms with van der Waals surface area (Å²) in [6.45, 7) is 1.56. The average Bonchev–Trinajstić information content (AvgIpc) is 2.58. The van der Waals surface area contributed by atoms with Gasteiger partial charge >= 0.3 is 5.97 Å². The number of benzene rings is 1. The summed E-state index contributed by atoms with van der Waals surface area (Å²) in [4.78, 5) is 35.4. The molecule has 7 nitrogen and oxygen atoms in total. The van der Waals surface area contributed by atoms with Gasteiger partial charge in [0.25, 0.3) is 5.91 Å². The summed E-state index contributed by atoms with van der Waals surface area (Å²) < 4.78 is 7.08. The minimum atomic E-state index is -0.977. The summed E-state index contributed by atoms with van der Waals surface area (Å²) in [6, 6.07) is 3.66. The number of ether oxygens (including phenoxy) is 1. The molecule has 0 aromatic heterocycles. The normalized spacial score (nSPS) is 19.5. The van der Waals surface area contributed by atoms with E-state index in [1.54, 1.807) is 6.07 Å². The molecular weight excluding hydrogens is 472 g/mol. The number of nitrogens with one attached hydrogen (secondary N) is 2. The van der Waals surface area contributed by atoms with Crippen LogP contribution in [-0.2, 0) is 14.4 Å². The molecule has 1 aliphatic rings. The molecule has 0 saturated heterocycles. The van der Waals surface area contributed by atoms with Crippen LogP contribution in [0.2, 0.25) is 0 Å². The highest BCUT2D eigenvalue weighted by Crippen LogP contribution is 2.32. The van der Waals surface area contributed by atoms with Crippen molar-refractivity contribution in [3.05, 3.63) is 26.6 Å². The molecule has 0 spiro atoms. The Hall–Kier alpha value is -1.61. The molecule has 0 radical (unpaired) electrons. The molecule has 1 aromatic carbocycles. The Labute approximate surface area is 168 Å². The molecule has 1 saturated carbocycles. The lowest BCUT2D eigenvalue weighted by Gasteiger charge is -2.27. The molecular formula is C17H20Br2N2O5. The smallest absolute Gasteiger partial charge is 0.307 e. The standard InChI is InChI=1S/C17H20Br2N2O5/c1-9-6-10(18)7-13(19)15(9)26-8-14(22)20-21-16(23)11-4-2-3-5-12(11)17(24)25/h6-7,11-12H,2-5,8H2,1H3,(H,20,22)(H,21,23)(H,24,25). The summed E-state index contributed by atoms with van der Waals surface area (Å²) in [5.74, 6) is -2.80. The van der Waals surface area contributed by atoms with Gasteiger partial charge in [-0.05, 0) is 53.4 Å². The Morgan fingerprint density at radius 3 is 2.42 bits per heavy atom. The van der Waals surface area contributed by atoms with Gasteiger partial charge < -0.3 is 9.84 Å². The van der Waals surface area contributed by atoms with E-state index in [9.17, 15) is 19.5 Å². The first kappa shape index (κ1) is 20.7. The van der Waals surface area contributed by atoms with Crippen LogP contribution in [0.25, 0.3) is 0 Å². The fourth-order valence-corrected chi connectivity index (χ4v) is 4.56. The van der Waals surface area contributed by atoms with Gasteiger partial charge in [0.1, 0.15) is 5.75 Å². The van der Waals surface area contributed by atoms with Crippen molar-refractivity contribution >= 4 is 49.6 Å². The van der Waals surface area contributed by atoms with Crippen LogP contribution in [0, 0.1) is 18.8 Å². The molecule has 142 valence electrons. The maximum absolute atomic E-state index is 12.2. The van der Waals surface area contributed by atoms with E-state index >= 15 is 0 Å². The van der Waals surface area contributed by atoms with Crippen LogP contribution >= 0.6 is 31.9 Å². The average molecular weight is 492 g/mol. The van der Waals surface area contributed by atoms with E-state index in [2.05, 4.69) is 42.7 Å². The Morgan fingerprint density at radius 1 is 1.15 bits per heavy atom. The van der Waals surface area contributed by atoms with Gasteiger partial charge in [0.05, 0.1) is 16.3 Å². The topological polar surface area (TPSA) is 105 Å². The van der Waals surface area contributed by atoms with Gasteiger partial charge in [0.2, 0.25) is 5.91 Å². The summed E-state index contributed by atoms with van der Waals surface area (Å²) in [5.41, 5.74) is 5.43. The molecule has 0 aliphatic heterocycles. The second kappa shape index (κ2) is 9.36. The van der Waals surface area contributed by atoms with E-state index in [1.807, 2.05) is 13.0 Å². The number of carbonyl (C=O) groups excluding carboxylic acids is 2. The lowest BCUT2D eigenvalue weighted by molar-refractivity contribution is -0.149. The van der Waals surface area contributed by atoms with Crippen LogP contribution in [-0.4, -0.2) is 29.5 Å². The van der Waals surface area contributed by atoms with Crippen LogP contribution < -0.4 is 15.6 Å². The molecule has 1 fully saturated rings. The minimum absolute atomic E-state index is 0.283. The van der Waals surface area contributed by atoms with Crippen LogP contribution in [0.4, 0.5) is 0 Å². The summed E-state index contributed by atoms with van der Waals surface area (Å²) in [5, 5.41) is 9.22. The maximum Gasteiger partial charge on any atom is 0.307 e. The number of aliphatic carboxylic acids is 1. The second-order valence-corrected chi connectivity index (χ2v) is 7.97. The quantitative estimate of drug-likeness (QED) is 0.549. The van der Waals surface area contributed by atoms with Crippen molar-refractivity contribution < 1.29 is 24.2 Å². The highest BCUT2D eigenvalue weighted by molar-refractivity contribution is 9.11. The minimum Gasteiger partial charge on any atom is -0.482 e. The van der Waals surface area contributed by atoms with Gasteiger partial charge in [-0.25, -0.2) is 0 Å². The van der Waals surface area contributed by atoms with Gasteiger partial charge in [-0.3, -0.25) is 25.2 Å². The van der Waals surface area contributed by atoms with Crippen molar-refractivity contribution in [2.24, 2.45) is 11.8 Å². The molecule has 2 amide bonds. The molecule has 1 aromatic rings. The van der Waals surface area contributed by atoms with E-state index in [1.165, 1.54) is 0 Å². The van der Waals surface area contributed by atoms with Gasteiger partial charge in [-0.15, -0.1) is 0 Å². The lowest BCUT2D eigenvalue weighted by atomic mass is 9.79. The largest absolute Gasteiger partial charge is 0.482 e. The van der Waals surface area contributed by atoms with E-state index in [-0.39, 0.29) is 6.61 Å². The Balaban J connectivity index is 1.85. The van der Waals surface area contributed by atoms with Crippen LogP contribution in [0.5, 0.6) is 5.75 Å². The predicted molar refractivity (Wildman–Crippen MR) is 101 cm³/mol. The summed E-state index contributed by atoms with van der Waals surface area (Å²) in [7, 11) is 0. The first-order chi connectivity index (χ1) is 12.3. The zero-order valence-corrected chi connectivity index (χ0v) is 17.4. The molecule has 9 heteroatoms. The third-order valence-corrected chi connectivity index (χ3v) is 5.33. The fourth-order valence-electron chi connectivity index (χ4n) is 3.01. The monoisotopic (exact) mass is 490 g/mol. The number of hydrogen-bond donors (Lipinski definition) is 3. The third kappa shape index (κ3) is 5.44. The maximum atomic E-state index is 12.2. The van der Waals surface area contributed by atoms with Gasteiger partial charge in [0.15, 0.2) is 6.61 Å². The molecule has 2 unspecified atom stereocenters. The van der Waals surface area contributed by atoms with Crippen molar-refractivity contribution in [1.82, 2.24) is 10.9 Å². The van der Waals surface area contributed by atoms with Gasteiger partial charge in [-0.2, -0.15) is 0 Å². The van der Waals surface area contributed by atoms with E-state index in [4.69, 9.17) is 4.74 Å². The molecule has 0 bridgehead atoms. The van der Waals surface area contributed by atoms with Crippen molar-refractivity contribution in [2.75, 3.05) is 6.61 Å². The zero-order valence-electron chi connectivity index (χ0n) is 14.2. The number of rotatable bonds is 5. The van der Waals surface area contributed by atoms with Crippen molar-refractivity contribution in [2.45, 2.75) is 32.6 Å². The van der Waals surface area contributed by atoms with Crippen molar-refractivity contribution in [3.8, 4) is 5.75 Å². The van der Waals surface area contributed by atoms with E-state index in [0.717, 1.165) is 22.9 Å². The van der Waals surface area contributed by atoms with Gasteiger partial charge in [0, 0.05) is 4.47 Å². The molecule has 1 aliphatic carbocycles. The summed E-state index contributed by atoms with van der Waals surface area (Å²) >= 11 is 6.74. The number of amides is 2. The predicted octanol–water partition coefficient (Wildman–Crippen LogP) is 2.94. The number of hydrogen-bond acceptors (Lipinski definition) is 4. The molecule has 26 heavy (non-hydrogen) atoms. The fraction of sp³-hybridized carbons (Fsp3) is 0.471. The SMILES string of the molecule is Cc1cc(Br)cc(Br)c1OCC(=O)NNC(=O)C1CCCCC1C(=O)O. The van der Waals surface area contributed by atoms with Gasteiger partial charge in [-0.1, -0.05) is 28.8 Å². The highest BCUT2D eigenvalue weighted by atomic mass is 79.9. The Kier molecular flexibility index (Phi) is 7.45. The van der Waals surface area contributed by atoms with Crippen LogP contribution in [0.1, 0.15) is 31.2 Å². The van der Waals surface area contributed by atoms with Crippen molar-refractivity contribution in [1.29, 1.82) is 0 Å². The molecule has 2 atom stereocenters. The number of carbonyl (C=O) groups is 3. The molecule has 3 N–H and O–H groups in total. The Morgan fingerprint density at radius 2 is 1.81 bits per heavy atom. The first-order valence-corrected chi connectivity index (χ1v) is 9.78. The number of carboxylic acid groups (broad SMARTS) is 1. The number of halogens is 2. The van der Waals surface area contributed by atoms with Crippen LogP contribution in [0.3, 0.4) is 0 Å². The zero-order chi connectivity index (χ0) is 19.3. The Bertz CT molecular complexity index is 687. The number of aryl methyl sites for hydroxylation is 1. The third-order valence-electron chi connectivity index (χ3n) is 4.29. The molecule has 0 heterocycles. The number of hydrazine groups is 1. The molecule has 2 rings (SSSR count). The van der Waals surface area contributed by atoms with Crippen molar-refractivity contribution in [3.63, 3.8) is 0 Å². The lowest BCUT2D eigenvalue weighted by Crippen LogP contribution is -2.49. The van der Waals surface area contributed by atoms with E-state index < -0.39 is 29.6 Å². The summed E-state index contributed by atoms with van der Waals surface area (Å²) in [6.07, 6.45) is 2.57. The first-order valence-electron chi connectivity index (χ1n) is 8.19. The highest BCUT2D eigenvalue weighted by Gasteiger charge is 2.35. The van der Waals surface area contributed by atoms with E-state index in [0.29, 0.717) is 23.1 Å². The number of carboxylic acids is 1. The van der Waals surface area contributed by atoms with Crippen LogP contribution in [0.15, 0.2) is 21.1 Å². The second-order valence-electron chi connectivity index (χ2n) is 6.20.